The minimum atomic E-state index is -0.257. The number of carbonyl (C=O) groups is 1. The van der Waals surface area contributed by atoms with Gasteiger partial charge in [0, 0.05) is 24.8 Å². The van der Waals surface area contributed by atoms with Crippen LogP contribution in [0.1, 0.15) is 26.2 Å². The molecule has 1 aromatic carbocycles. The van der Waals surface area contributed by atoms with Crippen molar-refractivity contribution >= 4 is 11.7 Å². The van der Waals surface area contributed by atoms with Gasteiger partial charge in [-0.15, -0.1) is 0 Å². The number of urea groups is 1. The lowest BCUT2D eigenvalue weighted by molar-refractivity contribution is 0.210. The van der Waals surface area contributed by atoms with Crippen molar-refractivity contribution < 1.29 is 14.3 Å². The van der Waals surface area contributed by atoms with E-state index < -0.39 is 0 Å². The molecule has 0 aromatic heterocycles. The van der Waals surface area contributed by atoms with Gasteiger partial charge in [0.15, 0.2) is 0 Å². The van der Waals surface area contributed by atoms with E-state index in [1.807, 2.05) is 13.0 Å². The fourth-order valence-electron chi connectivity index (χ4n) is 2.69. The van der Waals surface area contributed by atoms with Crippen LogP contribution in [-0.4, -0.2) is 42.9 Å². The molecule has 0 aliphatic carbocycles. The number of aliphatic hydroxyl groups excluding tert-OH is 1. The van der Waals surface area contributed by atoms with E-state index in [-0.39, 0.29) is 30.5 Å². The van der Waals surface area contributed by atoms with Crippen LogP contribution in [0.15, 0.2) is 24.3 Å². The number of halogens is 1. The summed E-state index contributed by atoms with van der Waals surface area (Å²) in [4.78, 5) is 14.0. The van der Waals surface area contributed by atoms with Crippen molar-refractivity contribution in [2.45, 2.75) is 38.3 Å². The van der Waals surface area contributed by atoms with E-state index in [0.717, 1.165) is 25.1 Å². The minimum Gasteiger partial charge on any atom is -0.394 e. The molecular formula is C16H24FN3O2. The lowest BCUT2D eigenvalue weighted by Gasteiger charge is -2.35. The van der Waals surface area contributed by atoms with E-state index in [0.29, 0.717) is 13.0 Å². The molecule has 2 amide bonds. The number of amides is 2. The number of rotatable bonds is 5. The fourth-order valence-corrected chi connectivity index (χ4v) is 2.69. The standard InChI is InChI=1S/C16H24FN3O2/c1-2-13(11-21)18-16(22)19-14-6-4-8-20(10-14)15-7-3-5-12(17)9-15/h3,5,7,9,13-14,21H,2,4,6,8,10-11H2,1H3,(H2,18,19,22). The van der Waals surface area contributed by atoms with E-state index in [1.54, 1.807) is 6.07 Å². The molecule has 1 aliphatic rings. The summed E-state index contributed by atoms with van der Waals surface area (Å²) in [5, 5.41) is 14.8. The zero-order chi connectivity index (χ0) is 15.9. The van der Waals surface area contributed by atoms with E-state index >= 15 is 0 Å². The number of anilines is 1. The highest BCUT2D eigenvalue weighted by atomic mass is 19.1. The average Bonchev–Trinajstić information content (AvgIpc) is 2.53. The Kier molecular flexibility index (Phi) is 6.00. The quantitative estimate of drug-likeness (QED) is 0.778. The predicted molar refractivity (Wildman–Crippen MR) is 84.5 cm³/mol. The van der Waals surface area contributed by atoms with Crippen LogP contribution in [0.3, 0.4) is 0 Å². The van der Waals surface area contributed by atoms with Crippen molar-refractivity contribution in [1.82, 2.24) is 10.6 Å². The van der Waals surface area contributed by atoms with Crippen LogP contribution >= 0.6 is 0 Å². The maximum absolute atomic E-state index is 13.3. The SMILES string of the molecule is CCC(CO)NC(=O)NC1CCCN(c2cccc(F)c2)C1. The third kappa shape index (κ3) is 4.59. The van der Waals surface area contributed by atoms with Crippen molar-refractivity contribution in [1.29, 1.82) is 0 Å². The summed E-state index contributed by atoms with van der Waals surface area (Å²) < 4.78 is 13.3. The molecule has 2 atom stereocenters. The first kappa shape index (κ1) is 16.5. The molecule has 1 aromatic rings. The normalized spacial score (nSPS) is 19.6. The van der Waals surface area contributed by atoms with Gasteiger partial charge in [0.05, 0.1) is 12.6 Å². The topological polar surface area (TPSA) is 64.6 Å². The molecule has 0 radical (unpaired) electrons. The van der Waals surface area contributed by atoms with Crippen LogP contribution in [0.2, 0.25) is 0 Å². The van der Waals surface area contributed by atoms with Crippen molar-refractivity contribution in [2.24, 2.45) is 0 Å². The fraction of sp³-hybridized carbons (Fsp3) is 0.562. The minimum absolute atomic E-state index is 0.0215. The van der Waals surface area contributed by atoms with Crippen LogP contribution in [0, 0.1) is 5.82 Å². The highest BCUT2D eigenvalue weighted by Crippen LogP contribution is 2.20. The van der Waals surface area contributed by atoms with Gasteiger partial charge in [-0.1, -0.05) is 13.0 Å². The third-order valence-corrected chi connectivity index (χ3v) is 3.98. The Bertz CT molecular complexity index is 494. The van der Waals surface area contributed by atoms with Crippen molar-refractivity contribution in [3.8, 4) is 0 Å². The molecule has 122 valence electrons. The van der Waals surface area contributed by atoms with Gasteiger partial charge in [-0.25, -0.2) is 9.18 Å². The molecule has 3 N–H and O–H groups in total. The molecule has 5 nitrogen and oxygen atoms in total. The molecule has 2 unspecified atom stereocenters. The Morgan fingerprint density at radius 1 is 1.55 bits per heavy atom. The van der Waals surface area contributed by atoms with Crippen molar-refractivity contribution in [3.63, 3.8) is 0 Å². The predicted octanol–water partition coefficient (Wildman–Crippen LogP) is 1.86. The molecule has 6 heteroatoms. The average molecular weight is 309 g/mol. The first-order valence-electron chi connectivity index (χ1n) is 7.80. The monoisotopic (exact) mass is 309 g/mol. The smallest absolute Gasteiger partial charge is 0.315 e. The Labute approximate surface area is 130 Å². The summed E-state index contributed by atoms with van der Waals surface area (Å²) >= 11 is 0. The van der Waals surface area contributed by atoms with E-state index in [9.17, 15) is 9.18 Å². The van der Waals surface area contributed by atoms with E-state index in [2.05, 4.69) is 15.5 Å². The largest absolute Gasteiger partial charge is 0.394 e. The van der Waals surface area contributed by atoms with Crippen LogP contribution in [0.5, 0.6) is 0 Å². The summed E-state index contributed by atoms with van der Waals surface area (Å²) in [5.41, 5.74) is 0.841. The molecular weight excluding hydrogens is 285 g/mol. The number of hydrogen-bond acceptors (Lipinski definition) is 3. The maximum atomic E-state index is 13.3. The zero-order valence-electron chi connectivity index (χ0n) is 12.9. The number of aliphatic hydroxyl groups is 1. The molecule has 1 fully saturated rings. The summed E-state index contributed by atoms with van der Waals surface area (Å²) in [7, 11) is 0. The van der Waals surface area contributed by atoms with Crippen molar-refractivity contribution in [2.75, 3.05) is 24.6 Å². The first-order chi connectivity index (χ1) is 10.6. The second-order valence-corrected chi connectivity index (χ2v) is 5.67. The number of carbonyl (C=O) groups excluding carboxylic acids is 1. The molecule has 0 saturated carbocycles. The van der Waals surface area contributed by atoms with Gasteiger partial charge in [-0.3, -0.25) is 0 Å². The van der Waals surface area contributed by atoms with Crippen molar-refractivity contribution in [3.05, 3.63) is 30.1 Å². The Hall–Kier alpha value is -1.82. The molecule has 2 rings (SSSR count). The Morgan fingerprint density at radius 3 is 3.05 bits per heavy atom. The summed E-state index contributed by atoms with van der Waals surface area (Å²) in [6, 6.07) is 6.06. The summed E-state index contributed by atoms with van der Waals surface area (Å²) in [6.07, 6.45) is 2.53. The summed E-state index contributed by atoms with van der Waals surface area (Å²) in [5.74, 6) is -0.251. The number of nitrogens with one attached hydrogen (secondary N) is 2. The van der Waals surface area contributed by atoms with Gasteiger partial charge in [-0.05, 0) is 37.5 Å². The summed E-state index contributed by atoms with van der Waals surface area (Å²) in [6.45, 7) is 3.36. The Morgan fingerprint density at radius 2 is 2.36 bits per heavy atom. The zero-order valence-corrected chi connectivity index (χ0v) is 12.9. The lowest BCUT2D eigenvalue weighted by Crippen LogP contribution is -2.52. The third-order valence-electron chi connectivity index (χ3n) is 3.98. The van der Waals surface area contributed by atoms with Gasteiger partial charge in [-0.2, -0.15) is 0 Å². The van der Waals surface area contributed by atoms with Gasteiger partial charge in [0.25, 0.3) is 0 Å². The number of piperidine rings is 1. The lowest BCUT2D eigenvalue weighted by atomic mass is 10.0. The molecule has 1 saturated heterocycles. The van der Waals surface area contributed by atoms with Gasteiger partial charge >= 0.3 is 6.03 Å². The molecule has 22 heavy (non-hydrogen) atoms. The molecule has 0 spiro atoms. The molecule has 1 heterocycles. The molecule has 0 bridgehead atoms. The highest BCUT2D eigenvalue weighted by Gasteiger charge is 2.22. The van der Waals surface area contributed by atoms with E-state index in [1.165, 1.54) is 12.1 Å². The Balaban J connectivity index is 1.89. The van der Waals surface area contributed by atoms with Crippen LogP contribution < -0.4 is 15.5 Å². The molecule has 1 aliphatic heterocycles. The van der Waals surface area contributed by atoms with Crippen LogP contribution in [0.4, 0.5) is 14.9 Å². The second kappa shape index (κ2) is 7.98. The first-order valence-corrected chi connectivity index (χ1v) is 7.80. The second-order valence-electron chi connectivity index (χ2n) is 5.67. The van der Waals surface area contributed by atoms with Gasteiger partial charge in [0.2, 0.25) is 0 Å². The van der Waals surface area contributed by atoms with Gasteiger partial charge < -0.3 is 20.6 Å². The highest BCUT2D eigenvalue weighted by molar-refractivity contribution is 5.74. The number of nitrogens with zero attached hydrogens (tertiary/aromatic N) is 1. The van der Waals surface area contributed by atoms with Gasteiger partial charge in [0.1, 0.15) is 5.82 Å². The number of hydrogen-bond donors (Lipinski definition) is 3. The van der Waals surface area contributed by atoms with Crippen LogP contribution in [0.25, 0.3) is 0 Å². The maximum Gasteiger partial charge on any atom is 0.315 e. The van der Waals surface area contributed by atoms with Crippen LogP contribution in [-0.2, 0) is 0 Å². The van der Waals surface area contributed by atoms with E-state index in [4.69, 9.17) is 5.11 Å². The number of benzene rings is 1.